The number of rotatable bonds is 5. The Balaban J connectivity index is 1.84. The van der Waals surface area contributed by atoms with Gasteiger partial charge in [-0.3, -0.25) is 9.59 Å². The predicted molar refractivity (Wildman–Crippen MR) is 121 cm³/mol. The molecular formula is C24H22N2O3S. The van der Waals surface area contributed by atoms with Gasteiger partial charge in [0.2, 0.25) is 0 Å². The zero-order chi connectivity index (χ0) is 21.4. The minimum Gasteiger partial charge on any atom is -0.495 e. The van der Waals surface area contributed by atoms with Gasteiger partial charge in [0.15, 0.2) is 0 Å². The predicted octanol–water partition coefficient (Wildman–Crippen LogP) is 5.08. The number of imide groups is 1. The summed E-state index contributed by atoms with van der Waals surface area (Å²) in [6.07, 6.45) is 0. The van der Waals surface area contributed by atoms with Crippen molar-refractivity contribution >= 4 is 40.1 Å². The normalized spacial score (nSPS) is 13.9. The first-order chi connectivity index (χ1) is 14.4. The van der Waals surface area contributed by atoms with Gasteiger partial charge in [-0.25, -0.2) is 4.90 Å². The molecule has 1 aliphatic heterocycles. The van der Waals surface area contributed by atoms with E-state index >= 15 is 0 Å². The molecule has 2 amide bonds. The minimum atomic E-state index is -0.378. The molecule has 6 heteroatoms. The summed E-state index contributed by atoms with van der Waals surface area (Å²) in [4.78, 5) is 28.9. The van der Waals surface area contributed by atoms with Gasteiger partial charge in [0.1, 0.15) is 11.4 Å². The fourth-order valence-corrected chi connectivity index (χ4v) is 4.43. The lowest BCUT2D eigenvalue weighted by molar-refractivity contribution is -0.120. The number of benzene rings is 2. The summed E-state index contributed by atoms with van der Waals surface area (Å²) in [6, 6.07) is 15.1. The number of hydrogen-bond donors (Lipinski definition) is 1. The van der Waals surface area contributed by atoms with Crippen LogP contribution in [-0.2, 0) is 9.59 Å². The average Bonchev–Trinajstić information content (AvgIpc) is 3.28. The molecule has 0 fully saturated rings. The third-order valence-corrected chi connectivity index (χ3v) is 5.82. The van der Waals surface area contributed by atoms with E-state index in [1.165, 1.54) is 16.2 Å². The van der Waals surface area contributed by atoms with E-state index in [0.29, 0.717) is 22.7 Å². The molecule has 0 unspecified atom stereocenters. The van der Waals surface area contributed by atoms with Crippen LogP contribution >= 0.6 is 11.3 Å². The number of amides is 2. The molecule has 0 bridgehead atoms. The number of thiophene rings is 1. The summed E-state index contributed by atoms with van der Waals surface area (Å²) < 4.78 is 5.45. The third kappa shape index (κ3) is 3.50. The Morgan fingerprint density at radius 3 is 2.27 bits per heavy atom. The van der Waals surface area contributed by atoms with Gasteiger partial charge in [-0.05, 0) is 73.2 Å². The van der Waals surface area contributed by atoms with Crippen LogP contribution in [0, 0.1) is 20.8 Å². The first kappa shape index (κ1) is 19.9. The fraction of sp³-hybridized carbons (Fsp3) is 0.167. The topological polar surface area (TPSA) is 58.6 Å². The fourth-order valence-electron chi connectivity index (χ4n) is 3.66. The molecule has 1 aromatic heterocycles. The summed E-state index contributed by atoms with van der Waals surface area (Å²) in [5, 5.41) is 5.09. The molecule has 0 saturated carbocycles. The van der Waals surface area contributed by atoms with Crippen LogP contribution in [0.3, 0.4) is 0 Å². The molecule has 2 heterocycles. The van der Waals surface area contributed by atoms with Crippen LogP contribution in [0.2, 0.25) is 0 Å². The number of hydrogen-bond acceptors (Lipinski definition) is 5. The Kier molecular flexibility index (Phi) is 5.18. The van der Waals surface area contributed by atoms with Crippen molar-refractivity contribution in [2.45, 2.75) is 20.8 Å². The van der Waals surface area contributed by atoms with Crippen LogP contribution in [0.1, 0.15) is 21.6 Å². The molecule has 0 spiro atoms. The van der Waals surface area contributed by atoms with Crippen molar-refractivity contribution in [3.8, 4) is 5.75 Å². The molecule has 1 N–H and O–H groups in total. The van der Waals surface area contributed by atoms with Gasteiger partial charge in [0.25, 0.3) is 11.8 Å². The smallest absolute Gasteiger partial charge is 0.282 e. The molecule has 1 aliphatic rings. The number of carbonyl (C=O) groups is 2. The summed E-state index contributed by atoms with van der Waals surface area (Å²) in [5.74, 6) is -0.109. The van der Waals surface area contributed by atoms with Crippen molar-refractivity contribution in [3.63, 3.8) is 0 Å². The number of anilines is 2. The average molecular weight is 419 g/mol. The SMILES string of the molecule is COc1ccc(C)cc1NC1=C(c2cccs2)C(=O)N(c2cc(C)cc(C)c2)C1=O. The highest BCUT2D eigenvalue weighted by atomic mass is 32.1. The van der Waals surface area contributed by atoms with E-state index in [4.69, 9.17) is 4.74 Å². The Morgan fingerprint density at radius 2 is 1.63 bits per heavy atom. The van der Waals surface area contributed by atoms with Crippen LogP contribution in [-0.4, -0.2) is 18.9 Å². The molecule has 0 atom stereocenters. The lowest BCUT2D eigenvalue weighted by atomic mass is 10.1. The monoisotopic (exact) mass is 418 g/mol. The molecule has 30 heavy (non-hydrogen) atoms. The summed E-state index contributed by atoms with van der Waals surface area (Å²) in [7, 11) is 1.58. The summed E-state index contributed by atoms with van der Waals surface area (Å²) in [6.45, 7) is 5.86. The van der Waals surface area contributed by atoms with E-state index in [-0.39, 0.29) is 17.5 Å². The maximum atomic E-state index is 13.5. The zero-order valence-electron chi connectivity index (χ0n) is 17.3. The number of ether oxygens (including phenoxy) is 1. The van der Waals surface area contributed by atoms with Gasteiger partial charge in [-0.2, -0.15) is 0 Å². The second-order valence-electron chi connectivity index (χ2n) is 7.35. The highest BCUT2D eigenvalue weighted by molar-refractivity contribution is 7.11. The van der Waals surface area contributed by atoms with Crippen LogP contribution in [0.5, 0.6) is 5.75 Å². The van der Waals surface area contributed by atoms with Crippen molar-refractivity contribution in [2.24, 2.45) is 0 Å². The molecule has 0 aliphatic carbocycles. The van der Waals surface area contributed by atoms with Gasteiger partial charge >= 0.3 is 0 Å². The second kappa shape index (κ2) is 7.80. The standard InChI is InChI=1S/C24H22N2O3S/c1-14-7-8-19(29-4)18(13-14)25-22-21(20-6-5-9-30-20)23(27)26(24(22)28)17-11-15(2)10-16(3)12-17/h5-13,25H,1-4H3. The van der Waals surface area contributed by atoms with Gasteiger partial charge in [0, 0.05) is 4.88 Å². The highest BCUT2D eigenvalue weighted by Crippen LogP contribution is 2.37. The molecule has 4 rings (SSSR count). The van der Waals surface area contributed by atoms with E-state index in [1.54, 1.807) is 7.11 Å². The van der Waals surface area contributed by atoms with E-state index < -0.39 is 0 Å². The molecule has 3 aromatic rings. The molecule has 0 saturated heterocycles. The van der Waals surface area contributed by atoms with Crippen LogP contribution < -0.4 is 15.0 Å². The largest absolute Gasteiger partial charge is 0.495 e. The Labute approximate surface area is 179 Å². The van der Waals surface area contributed by atoms with Crippen LogP contribution in [0.4, 0.5) is 11.4 Å². The van der Waals surface area contributed by atoms with Crippen molar-refractivity contribution in [2.75, 3.05) is 17.3 Å². The lowest BCUT2D eigenvalue weighted by Gasteiger charge is -2.17. The Hall–Kier alpha value is -3.38. The Morgan fingerprint density at radius 1 is 0.900 bits per heavy atom. The minimum absolute atomic E-state index is 0.255. The van der Waals surface area contributed by atoms with E-state index in [9.17, 15) is 9.59 Å². The third-order valence-electron chi connectivity index (χ3n) is 4.93. The van der Waals surface area contributed by atoms with Crippen molar-refractivity contribution < 1.29 is 14.3 Å². The number of nitrogens with one attached hydrogen (secondary N) is 1. The highest BCUT2D eigenvalue weighted by Gasteiger charge is 2.41. The molecule has 0 radical (unpaired) electrons. The molecule has 5 nitrogen and oxygen atoms in total. The van der Waals surface area contributed by atoms with Crippen molar-refractivity contribution in [3.05, 3.63) is 81.2 Å². The molecular weight excluding hydrogens is 396 g/mol. The lowest BCUT2D eigenvalue weighted by Crippen LogP contribution is -2.32. The van der Waals surface area contributed by atoms with Gasteiger partial charge in [-0.15, -0.1) is 11.3 Å². The van der Waals surface area contributed by atoms with E-state index in [2.05, 4.69) is 5.32 Å². The molecule has 2 aromatic carbocycles. The van der Waals surface area contributed by atoms with E-state index in [1.807, 2.05) is 74.7 Å². The number of carbonyl (C=O) groups excluding carboxylic acids is 2. The maximum Gasteiger partial charge on any atom is 0.282 e. The Bertz CT molecular complexity index is 1160. The first-order valence-electron chi connectivity index (χ1n) is 9.56. The van der Waals surface area contributed by atoms with Crippen LogP contribution in [0.25, 0.3) is 5.57 Å². The van der Waals surface area contributed by atoms with Crippen molar-refractivity contribution in [1.29, 1.82) is 0 Å². The first-order valence-corrected chi connectivity index (χ1v) is 10.4. The van der Waals surface area contributed by atoms with Gasteiger partial charge in [0.05, 0.1) is 24.1 Å². The second-order valence-corrected chi connectivity index (χ2v) is 8.30. The quantitative estimate of drug-likeness (QED) is 0.587. The van der Waals surface area contributed by atoms with Crippen molar-refractivity contribution in [1.82, 2.24) is 0 Å². The van der Waals surface area contributed by atoms with E-state index in [0.717, 1.165) is 21.6 Å². The maximum absolute atomic E-state index is 13.5. The zero-order valence-corrected chi connectivity index (χ0v) is 18.1. The van der Waals surface area contributed by atoms with Gasteiger partial charge in [-0.1, -0.05) is 18.2 Å². The number of aryl methyl sites for hydroxylation is 3. The summed E-state index contributed by atoms with van der Waals surface area (Å²) in [5.41, 5.74) is 4.84. The van der Waals surface area contributed by atoms with Crippen LogP contribution in [0.15, 0.2) is 59.6 Å². The summed E-state index contributed by atoms with van der Waals surface area (Å²) >= 11 is 1.43. The van der Waals surface area contributed by atoms with Gasteiger partial charge < -0.3 is 10.1 Å². The number of methoxy groups -OCH3 is 1. The molecule has 152 valence electrons. The number of nitrogens with zero attached hydrogens (tertiary/aromatic N) is 1.